The van der Waals surface area contributed by atoms with E-state index < -0.39 is 15.9 Å². The summed E-state index contributed by atoms with van der Waals surface area (Å²) in [4.78, 5) is 11.5. The zero-order valence-electron chi connectivity index (χ0n) is 9.89. The third-order valence-corrected chi connectivity index (χ3v) is 4.68. The number of rotatable bonds is 5. The smallest absolute Gasteiger partial charge is 0.266 e. The molecule has 1 heterocycles. The molecule has 0 saturated carbocycles. The molecule has 0 saturated heterocycles. The SMILES string of the molecule is CSCCCNc1ccc2c(c1)C(=O)NS2(=O)=O. The number of fused-ring (bicyclic) bond motifs is 1. The molecule has 18 heavy (non-hydrogen) atoms. The van der Waals surface area contributed by atoms with Crippen molar-refractivity contribution in [1.29, 1.82) is 0 Å². The number of thioether (sulfide) groups is 1. The normalized spacial score (nSPS) is 16.2. The Morgan fingerprint density at radius 3 is 2.89 bits per heavy atom. The summed E-state index contributed by atoms with van der Waals surface area (Å²) in [7, 11) is -3.63. The Balaban J connectivity index is 2.14. The maximum absolute atomic E-state index is 11.5. The molecule has 98 valence electrons. The van der Waals surface area contributed by atoms with Crippen molar-refractivity contribution in [1.82, 2.24) is 4.72 Å². The molecule has 1 aromatic rings. The molecule has 7 heteroatoms. The lowest BCUT2D eigenvalue weighted by atomic mass is 10.2. The largest absolute Gasteiger partial charge is 0.385 e. The highest BCUT2D eigenvalue weighted by molar-refractivity contribution is 7.98. The van der Waals surface area contributed by atoms with Gasteiger partial charge in [-0.3, -0.25) is 4.79 Å². The first kappa shape index (κ1) is 13.2. The molecule has 1 aromatic carbocycles. The predicted octanol–water partition coefficient (Wildman–Crippen LogP) is 1.28. The van der Waals surface area contributed by atoms with Gasteiger partial charge in [0.1, 0.15) is 4.90 Å². The van der Waals surface area contributed by atoms with Crippen LogP contribution in [0.25, 0.3) is 0 Å². The first-order valence-corrected chi connectivity index (χ1v) is 8.36. The number of carbonyl (C=O) groups is 1. The van der Waals surface area contributed by atoms with Gasteiger partial charge in [0.25, 0.3) is 15.9 Å². The second-order valence-electron chi connectivity index (χ2n) is 3.92. The number of benzene rings is 1. The van der Waals surface area contributed by atoms with Gasteiger partial charge < -0.3 is 5.32 Å². The molecule has 0 atom stereocenters. The van der Waals surface area contributed by atoms with Gasteiger partial charge in [-0.05, 0) is 36.6 Å². The number of anilines is 1. The fourth-order valence-corrected chi connectivity index (χ4v) is 3.32. The van der Waals surface area contributed by atoms with E-state index in [-0.39, 0.29) is 10.5 Å². The second kappa shape index (κ2) is 5.19. The summed E-state index contributed by atoms with van der Waals surface area (Å²) in [5, 5.41) is 3.17. The maximum Gasteiger partial charge on any atom is 0.266 e. The maximum atomic E-state index is 11.5. The molecule has 2 rings (SSSR count). The number of sulfonamides is 1. The quantitative estimate of drug-likeness (QED) is 0.798. The summed E-state index contributed by atoms with van der Waals surface area (Å²) in [6, 6.07) is 4.71. The highest BCUT2D eigenvalue weighted by atomic mass is 32.2. The van der Waals surface area contributed by atoms with Gasteiger partial charge in [0.2, 0.25) is 0 Å². The van der Waals surface area contributed by atoms with E-state index in [9.17, 15) is 13.2 Å². The van der Waals surface area contributed by atoms with Gasteiger partial charge in [0, 0.05) is 12.2 Å². The van der Waals surface area contributed by atoms with Crippen LogP contribution in [0.15, 0.2) is 23.1 Å². The van der Waals surface area contributed by atoms with Crippen molar-refractivity contribution in [2.75, 3.05) is 23.9 Å². The number of hydrogen-bond donors (Lipinski definition) is 2. The fraction of sp³-hybridized carbons (Fsp3) is 0.364. The Bertz CT molecular complexity index is 570. The van der Waals surface area contributed by atoms with Crippen molar-refractivity contribution >= 4 is 33.4 Å². The number of amides is 1. The summed E-state index contributed by atoms with van der Waals surface area (Å²) in [6.45, 7) is 0.800. The van der Waals surface area contributed by atoms with Gasteiger partial charge in [-0.15, -0.1) is 0 Å². The first-order chi connectivity index (χ1) is 8.54. The zero-order valence-corrected chi connectivity index (χ0v) is 11.5. The Labute approximate surface area is 110 Å². The Hall–Kier alpha value is -1.21. The van der Waals surface area contributed by atoms with Gasteiger partial charge in [-0.2, -0.15) is 11.8 Å². The molecule has 5 nitrogen and oxygen atoms in total. The van der Waals surface area contributed by atoms with E-state index in [0.29, 0.717) is 0 Å². The van der Waals surface area contributed by atoms with E-state index in [1.165, 1.54) is 6.07 Å². The molecule has 1 amide bonds. The number of nitrogens with one attached hydrogen (secondary N) is 2. The molecule has 0 spiro atoms. The highest BCUT2D eigenvalue weighted by Crippen LogP contribution is 2.25. The van der Waals surface area contributed by atoms with Crippen LogP contribution in [0.5, 0.6) is 0 Å². The minimum absolute atomic E-state index is 0.0576. The van der Waals surface area contributed by atoms with Crippen molar-refractivity contribution in [2.45, 2.75) is 11.3 Å². The second-order valence-corrected chi connectivity index (χ2v) is 6.56. The number of carbonyl (C=O) groups excluding carboxylic acids is 1. The average Bonchev–Trinajstić information content (AvgIpc) is 2.55. The van der Waals surface area contributed by atoms with Gasteiger partial charge in [-0.1, -0.05) is 0 Å². The fourth-order valence-electron chi connectivity index (χ4n) is 1.73. The van der Waals surface area contributed by atoms with Crippen LogP contribution < -0.4 is 10.0 Å². The van der Waals surface area contributed by atoms with E-state index >= 15 is 0 Å². The van der Waals surface area contributed by atoms with Crippen LogP contribution in [0, 0.1) is 0 Å². The van der Waals surface area contributed by atoms with Crippen molar-refractivity contribution in [3.63, 3.8) is 0 Å². The first-order valence-electron chi connectivity index (χ1n) is 5.48. The monoisotopic (exact) mass is 286 g/mol. The van der Waals surface area contributed by atoms with Crippen LogP contribution >= 0.6 is 11.8 Å². The topological polar surface area (TPSA) is 75.3 Å². The van der Waals surface area contributed by atoms with Gasteiger partial charge in [0.15, 0.2) is 0 Å². The third-order valence-electron chi connectivity index (χ3n) is 2.60. The Kier molecular flexibility index (Phi) is 3.82. The lowest BCUT2D eigenvalue weighted by Crippen LogP contribution is -2.20. The zero-order chi connectivity index (χ0) is 13.2. The van der Waals surface area contributed by atoms with Gasteiger partial charge in [-0.25, -0.2) is 13.1 Å². The van der Waals surface area contributed by atoms with Crippen LogP contribution in [-0.4, -0.2) is 32.9 Å². The molecule has 0 aromatic heterocycles. The molecule has 0 bridgehead atoms. The summed E-state index contributed by atoms with van der Waals surface area (Å²) in [5.74, 6) is 0.505. The minimum atomic E-state index is -3.63. The van der Waals surface area contributed by atoms with Crippen LogP contribution in [0.1, 0.15) is 16.8 Å². The standard InChI is InChI=1S/C11H14N2O3S2/c1-17-6-2-5-12-8-3-4-10-9(7-8)11(14)13-18(10,15)16/h3-4,7,12H,2,5-6H2,1H3,(H,13,14). The summed E-state index contributed by atoms with van der Waals surface area (Å²) < 4.78 is 25.0. The lowest BCUT2D eigenvalue weighted by molar-refractivity contribution is 0.0985. The van der Waals surface area contributed by atoms with Crippen molar-refractivity contribution in [3.05, 3.63) is 23.8 Å². The average molecular weight is 286 g/mol. The third kappa shape index (κ3) is 2.62. The summed E-state index contributed by atoms with van der Waals surface area (Å²) in [5.41, 5.74) is 0.979. The van der Waals surface area contributed by atoms with Gasteiger partial charge >= 0.3 is 0 Å². The Morgan fingerprint density at radius 1 is 1.39 bits per heavy atom. The van der Waals surface area contributed by atoms with E-state index in [0.717, 1.165) is 24.4 Å². The summed E-state index contributed by atoms with van der Waals surface area (Å²) >= 11 is 1.77. The van der Waals surface area contributed by atoms with Crippen LogP contribution in [0.4, 0.5) is 5.69 Å². The molecule has 0 fully saturated rings. The van der Waals surface area contributed by atoms with Crippen molar-refractivity contribution < 1.29 is 13.2 Å². The molecular formula is C11H14N2O3S2. The lowest BCUT2D eigenvalue weighted by Gasteiger charge is -2.06. The molecule has 0 radical (unpaired) electrons. The molecule has 2 N–H and O–H groups in total. The van der Waals surface area contributed by atoms with Crippen LogP contribution in [0.3, 0.4) is 0 Å². The van der Waals surface area contributed by atoms with E-state index in [1.807, 2.05) is 11.0 Å². The van der Waals surface area contributed by atoms with E-state index in [1.54, 1.807) is 23.9 Å². The summed E-state index contributed by atoms with van der Waals surface area (Å²) in [6.07, 6.45) is 3.06. The van der Waals surface area contributed by atoms with E-state index in [2.05, 4.69) is 5.32 Å². The Morgan fingerprint density at radius 2 is 2.17 bits per heavy atom. The molecule has 0 aliphatic carbocycles. The molecular weight excluding hydrogens is 272 g/mol. The molecule has 1 aliphatic heterocycles. The van der Waals surface area contributed by atoms with Gasteiger partial charge in [0.05, 0.1) is 5.56 Å². The van der Waals surface area contributed by atoms with E-state index in [4.69, 9.17) is 0 Å². The van der Waals surface area contributed by atoms with Crippen LogP contribution in [-0.2, 0) is 10.0 Å². The predicted molar refractivity (Wildman–Crippen MR) is 72.6 cm³/mol. The van der Waals surface area contributed by atoms with Crippen LogP contribution in [0.2, 0.25) is 0 Å². The molecule has 0 unspecified atom stereocenters. The highest BCUT2D eigenvalue weighted by Gasteiger charge is 2.32. The number of hydrogen-bond acceptors (Lipinski definition) is 5. The van der Waals surface area contributed by atoms with Crippen molar-refractivity contribution in [3.8, 4) is 0 Å². The van der Waals surface area contributed by atoms with Crippen molar-refractivity contribution in [2.24, 2.45) is 0 Å². The molecule has 1 aliphatic rings. The minimum Gasteiger partial charge on any atom is -0.385 e.